The third-order valence-corrected chi connectivity index (χ3v) is 3.08. The summed E-state index contributed by atoms with van der Waals surface area (Å²) in [5.41, 5.74) is -0.798. The summed E-state index contributed by atoms with van der Waals surface area (Å²) in [5.74, 6) is -1.06. The summed E-state index contributed by atoms with van der Waals surface area (Å²) in [6.07, 6.45) is 3.31. The molecule has 2 N–H and O–H groups in total. The first-order chi connectivity index (χ1) is 6.31. The summed E-state index contributed by atoms with van der Waals surface area (Å²) in [4.78, 5) is 11.0. The van der Waals surface area contributed by atoms with Crippen LogP contribution in [0.15, 0.2) is 0 Å². The predicted octanol–water partition coefficient (Wildman–Crippen LogP) is -0.938. The average Bonchev–Trinajstić information content (AvgIpc) is 1.94. The van der Waals surface area contributed by atoms with E-state index in [9.17, 15) is 18.3 Å². The molecule has 0 bridgehead atoms. The van der Waals surface area contributed by atoms with E-state index in [1.165, 1.54) is 0 Å². The molecule has 0 spiro atoms. The molecule has 5 nitrogen and oxygen atoms in total. The molecule has 0 saturated heterocycles. The van der Waals surface area contributed by atoms with E-state index in [1.807, 2.05) is 0 Å². The summed E-state index contributed by atoms with van der Waals surface area (Å²) in [7, 11) is -3.27. The maximum Gasteiger partial charge on any atom is 0.235 e. The first-order valence-electron chi connectivity index (χ1n) is 4.48. The molecule has 6 heteroatoms. The number of carbonyl (C=O) groups is 1. The molecule has 1 fully saturated rings. The van der Waals surface area contributed by atoms with Crippen LogP contribution in [0.3, 0.4) is 0 Å². The lowest BCUT2D eigenvalue weighted by atomic mass is 9.80. The lowest BCUT2D eigenvalue weighted by molar-refractivity contribution is -0.121. The fraction of sp³-hybridized carbons (Fsp3) is 0.875. The molecule has 82 valence electrons. The van der Waals surface area contributed by atoms with Crippen molar-refractivity contribution in [3.8, 4) is 0 Å². The van der Waals surface area contributed by atoms with Crippen molar-refractivity contribution in [1.82, 2.24) is 5.32 Å². The van der Waals surface area contributed by atoms with Gasteiger partial charge in [0.1, 0.15) is 5.75 Å². The van der Waals surface area contributed by atoms with Gasteiger partial charge in [-0.15, -0.1) is 0 Å². The van der Waals surface area contributed by atoms with E-state index >= 15 is 0 Å². The second kappa shape index (κ2) is 3.86. The van der Waals surface area contributed by atoms with Crippen LogP contribution in [-0.2, 0) is 14.6 Å². The van der Waals surface area contributed by atoms with E-state index in [0.29, 0.717) is 12.8 Å². The molecule has 0 aromatic carbocycles. The second-order valence-electron chi connectivity index (χ2n) is 3.92. The molecular weight excluding hydrogens is 206 g/mol. The molecule has 0 aromatic heterocycles. The minimum atomic E-state index is -3.27. The molecule has 14 heavy (non-hydrogen) atoms. The average molecular weight is 221 g/mol. The van der Waals surface area contributed by atoms with E-state index in [4.69, 9.17) is 0 Å². The Bertz CT molecular complexity index is 318. The van der Waals surface area contributed by atoms with Crippen molar-refractivity contribution >= 4 is 15.7 Å². The van der Waals surface area contributed by atoms with Gasteiger partial charge in [-0.3, -0.25) is 4.79 Å². The molecule has 1 aliphatic carbocycles. The van der Waals surface area contributed by atoms with Crippen LogP contribution in [0.4, 0.5) is 0 Å². The van der Waals surface area contributed by atoms with Crippen molar-refractivity contribution in [1.29, 1.82) is 0 Å². The van der Waals surface area contributed by atoms with Gasteiger partial charge in [-0.2, -0.15) is 0 Å². The first kappa shape index (κ1) is 11.5. The number of aliphatic hydroxyl groups is 1. The van der Waals surface area contributed by atoms with Gasteiger partial charge in [-0.1, -0.05) is 0 Å². The molecule has 1 saturated carbocycles. The zero-order chi connectivity index (χ0) is 10.8. The fourth-order valence-electron chi connectivity index (χ4n) is 1.31. The lowest BCUT2D eigenvalue weighted by Gasteiger charge is -2.36. The maximum absolute atomic E-state index is 11.0. The Morgan fingerprint density at radius 1 is 1.50 bits per heavy atom. The number of hydrogen-bond donors (Lipinski definition) is 2. The van der Waals surface area contributed by atoms with Crippen molar-refractivity contribution in [2.45, 2.75) is 24.9 Å². The third kappa shape index (κ3) is 3.63. The molecule has 1 aliphatic rings. The van der Waals surface area contributed by atoms with Crippen molar-refractivity contribution in [3.05, 3.63) is 0 Å². The molecule has 0 heterocycles. The minimum Gasteiger partial charge on any atom is -0.388 e. The smallest absolute Gasteiger partial charge is 0.235 e. The zero-order valence-electron chi connectivity index (χ0n) is 8.12. The van der Waals surface area contributed by atoms with Crippen LogP contribution in [0, 0.1) is 0 Å². The second-order valence-corrected chi connectivity index (χ2v) is 6.06. The van der Waals surface area contributed by atoms with Gasteiger partial charge in [-0.25, -0.2) is 8.42 Å². The number of carbonyl (C=O) groups excluding carboxylic acids is 1. The van der Waals surface area contributed by atoms with E-state index in [0.717, 1.165) is 12.7 Å². The Kier molecular flexibility index (Phi) is 3.16. The summed E-state index contributed by atoms with van der Waals surface area (Å²) in [6.45, 7) is 0.154. The zero-order valence-corrected chi connectivity index (χ0v) is 8.93. The summed E-state index contributed by atoms with van der Waals surface area (Å²) in [5, 5.41) is 12.0. The van der Waals surface area contributed by atoms with Crippen LogP contribution in [0.25, 0.3) is 0 Å². The molecule has 1 rings (SSSR count). The highest BCUT2D eigenvalue weighted by Gasteiger charge is 2.34. The Labute approximate surface area is 83.4 Å². The summed E-state index contributed by atoms with van der Waals surface area (Å²) in [6, 6.07) is 0. The van der Waals surface area contributed by atoms with Crippen LogP contribution in [0.2, 0.25) is 0 Å². The van der Waals surface area contributed by atoms with Crippen LogP contribution in [-0.4, -0.2) is 43.6 Å². The molecule has 0 radical (unpaired) electrons. The lowest BCUT2D eigenvalue weighted by Crippen LogP contribution is -2.48. The van der Waals surface area contributed by atoms with Crippen molar-refractivity contribution in [2.75, 3.05) is 18.6 Å². The van der Waals surface area contributed by atoms with E-state index in [-0.39, 0.29) is 6.54 Å². The first-order valence-corrected chi connectivity index (χ1v) is 6.54. The van der Waals surface area contributed by atoms with Crippen LogP contribution in [0.1, 0.15) is 19.3 Å². The number of sulfone groups is 1. The van der Waals surface area contributed by atoms with Gasteiger partial charge in [0.25, 0.3) is 0 Å². The highest BCUT2D eigenvalue weighted by molar-refractivity contribution is 7.91. The van der Waals surface area contributed by atoms with Gasteiger partial charge in [0.05, 0.1) is 5.60 Å². The Balaban J connectivity index is 2.28. The van der Waals surface area contributed by atoms with Crippen LogP contribution < -0.4 is 5.32 Å². The predicted molar refractivity (Wildman–Crippen MR) is 51.5 cm³/mol. The van der Waals surface area contributed by atoms with Gasteiger partial charge in [-0.05, 0) is 19.3 Å². The summed E-state index contributed by atoms with van der Waals surface area (Å²) >= 11 is 0. The van der Waals surface area contributed by atoms with Crippen LogP contribution in [0.5, 0.6) is 0 Å². The monoisotopic (exact) mass is 221 g/mol. The maximum atomic E-state index is 11.0. The van der Waals surface area contributed by atoms with Gasteiger partial charge in [0.2, 0.25) is 5.91 Å². The van der Waals surface area contributed by atoms with Crippen LogP contribution >= 0.6 is 0 Å². The largest absolute Gasteiger partial charge is 0.388 e. The molecule has 0 unspecified atom stereocenters. The number of rotatable bonds is 4. The van der Waals surface area contributed by atoms with E-state index < -0.39 is 27.1 Å². The SMILES string of the molecule is CS(=O)(=O)CC(=O)NCC1(O)CCC1. The Morgan fingerprint density at radius 3 is 2.43 bits per heavy atom. The number of nitrogens with one attached hydrogen (secondary N) is 1. The fourth-order valence-corrected chi connectivity index (χ4v) is 1.89. The highest BCUT2D eigenvalue weighted by atomic mass is 32.2. The van der Waals surface area contributed by atoms with Gasteiger partial charge in [0.15, 0.2) is 9.84 Å². The summed E-state index contributed by atoms with van der Waals surface area (Å²) < 4.78 is 21.5. The van der Waals surface area contributed by atoms with Gasteiger partial charge < -0.3 is 10.4 Å². The quantitative estimate of drug-likeness (QED) is 0.642. The van der Waals surface area contributed by atoms with Crippen molar-refractivity contribution in [3.63, 3.8) is 0 Å². The van der Waals surface area contributed by atoms with Crippen molar-refractivity contribution in [2.24, 2.45) is 0 Å². The molecular formula is C8H15NO4S. The Hall–Kier alpha value is -0.620. The number of amides is 1. The van der Waals surface area contributed by atoms with Gasteiger partial charge >= 0.3 is 0 Å². The Morgan fingerprint density at radius 2 is 2.07 bits per heavy atom. The van der Waals surface area contributed by atoms with Gasteiger partial charge in [0, 0.05) is 12.8 Å². The van der Waals surface area contributed by atoms with Crippen molar-refractivity contribution < 1.29 is 18.3 Å². The molecule has 0 atom stereocenters. The topological polar surface area (TPSA) is 83.5 Å². The highest BCUT2D eigenvalue weighted by Crippen LogP contribution is 2.30. The molecule has 0 aliphatic heterocycles. The minimum absolute atomic E-state index is 0.154. The van der Waals surface area contributed by atoms with E-state index in [1.54, 1.807) is 0 Å². The van der Waals surface area contributed by atoms with E-state index in [2.05, 4.69) is 5.32 Å². The molecule has 1 amide bonds. The normalized spacial score (nSPS) is 19.9. The molecule has 0 aromatic rings. The third-order valence-electron chi connectivity index (χ3n) is 2.29. The standard InChI is InChI=1S/C8H15NO4S/c1-14(12,13)5-7(10)9-6-8(11)3-2-4-8/h11H,2-6H2,1H3,(H,9,10). The number of hydrogen-bond acceptors (Lipinski definition) is 4.